The zero-order valence-electron chi connectivity index (χ0n) is 16.6. The first kappa shape index (κ1) is 21.0. The molecule has 0 aliphatic carbocycles. The van der Waals surface area contributed by atoms with E-state index in [2.05, 4.69) is 0 Å². The fourth-order valence-electron chi connectivity index (χ4n) is 3.73. The monoisotopic (exact) mass is 402 g/mol. The number of aryl methyl sites for hydroxylation is 1. The van der Waals surface area contributed by atoms with Crippen LogP contribution in [0.1, 0.15) is 43.5 Å². The van der Waals surface area contributed by atoms with E-state index < -0.39 is 23.4 Å². The Bertz CT molecular complexity index is 965. The lowest BCUT2D eigenvalue weighted by atomic mass is 9.95. The Morgan fingerprint density at radius 2 is 2.00 bits per heavy atom. The van der Waals surface area contributed by atoms with Gasteiger partial charge in [-0.2, -0.15) is 0 Å². The molecule has 156 valence electrons. The van der Waals surface area contributed by atoms with Crippen LogP contribution < -0.4 is 11.2 Å². The minimum atomic E-state index is -0.888. The first-order chi connectivity index (χ1) is 13.9. The highest BCUT2D eigenvalue weighted by molar-refractivity contribution is 5.67. The SMILES string of the molecule is CC[C@H]1O[C@@H](n2cc(C)c(=O)n(COCc3ccccc3)c2=O)C[C@@H]1CC(=O)O. The second kappa shape index (κ2) is 9.19. The van der Waals surface area contributed by atoms with E-state index in [9.17, 15) is 14.4 Å². The zero-order chi connectivity index (χ0) is 21.0. The third-order valence-corrected chi connectivity index (χ3v) is 5.21. The van der Waals surface area contributed by atoms with Crippen LogP contribution in [0.5, 0.6) is 0 Å². The van der Waals surface area contributed by atoms with E-state index in [-0.39, 0.29) is 31.8 Å². The summed E-state index contributed by atoms with van der Waals surface area (Å²) in [5.74, 6) is -1.06. The predicted molar refractivity (Wildman–Crippen MR) is 105 cm³/mol. The molecule has 0 amide bonds. The van der Waals surface area contributed by atoms with E-state index in [1.54, 1.807) is 6.92 Å². The van der Waals surface area contributed by atoms with Gasteiger partial charge in [-0.05, 0) is 31.2 Å². The number of benzene rings is 1. The molecule has 8 nitrogen and oxygen atoms in total. The molecule has 0 radical (unpaired) electrons. The highest BCUT2D eigenvalue weighted by Gasteiger charge is 2.37. The van der Waals surface area contributed by atoms with Crippen LogP contribution in [0.2, 0.25) is 0 Å². The van der Waals surface area contributed by atoms with Gasteiger partial charge in [-0.25, -0.2) is 9.36 Å². The molecule has 1 aromatic carbocycles. The molecular formula is C21H26N2O6. The summed E-state index contributed by atoms with van der Waals surface area (Å²) in [6.07, 6.45) is 1.70. The Hall–Kier alpha value is -2.71. The Kier molecular flexibility index (Phi) is 6.66. The van der Waals surface area contributed by atoms with Crippen molar-refractivity contribution >= 4 is 5.97 Å². The van der Waals surface area contributed by atoms with Crippen molar-refractivity contribution < 1.29 is 19.4 Å². The van der Waals surface area contributed by atoms with Crippen LogP contribution in [0.3, 0.4) is 0 Å². The van der Waals surface area contributed by atoms with Gasteiger partial charge < -0.3 is 14.6 Å². The average Bonchev–Trinajstić information content (AvgIpc) is 3.10. The van der Waals surface area contributed by atoms with Crippen molar-refractivity contribution in [1.29, 1.82) is 0 Å². The molecule has 3 rings (SSSR count). The van der Waals surface area contributed by atoms with E-state index in [1.807, 2.05) is 37.3 Å². The minimum absolute atomic E-state index is 0.0113. The molecule has 2 aromatic rings. The Labute approximate surface area is 168 Å². The largest absolute Gasteiger partial charge is 0.481 e. The smallest absolute Gasteiger partial charge is 0.335 e. The molecule has 0 unspecified atom stereocenters. The summed E-state index contributed by atoms with van der Waals surface area (Å²) < 4.78 is 14.0. The van der Waals surface area contributed by atoms with Crippen molar-refractivity contribution in [1.82, 2.24) is 9.13 Å². The Morgan fingerprint density at radius 3 is 2.66 bits per heavy atom. The van der Waals surface area contributed by atoms with Crippen LogP contribution in [0.15, 0.2) is 46.1 Å². The first-order valence-corrected chi connectivity index (χ1v) is 9.72. The normalized spacial score (nSPS) is 21.4. The number of nitrogens with zero attached hydrogens (tertiary/aromatic N) is 2. The molecule has 1 aliphatic rings. The highest BCUT2D eigenvalue weighted by Crippen LogP contribution is 2.36. The van der Waals surface area contributed by atoms with Crippen molar-refractivity contribution in [2.45, 2.75) is 58.8 Å². The summed E-state index contributed by atoms with van der Waals surface area (Å²) >= 11 is 0. The second-order valence-electron chi connectivity index (χ2n) is 7.33. The van der Waals surface area contributed by atoms with Gasteiger partial charge in [0, 0.05) is 11.8 Å². The zero-order valence-corrected chi connectivity index (χ0v) is 16.6. The lowest BCUT2D eigenvalue weighted by Crippen LogP contribution is -2.42. The van der Waals surface area contributed by atoms with Crippen LogP contribution in [-0.4, -0.2) is 26.3 Å². The summed E-state index contributed by atoms with van der Waals surface area (Å²) in [7, 11) is 0. The molecule has 29 heavy (non-hydrogen) atoms. The fourth-order valence-corrected chi connectivity index (χ4v) is 3.73. The van der Waals surface area contributed by atoms with Gasteiger partial charge in [0.15, 0.2) is 0 Å². The number of carbonyl (C=O) groups is 1. The fraction of sp³-hybridized carbons (Fsp3) is 0.476. The topological polar surface area (TPSA) is 99.8 Å². The summed E-state index contributed by atoms with van der Waals surface area (Å²) in [5.41, 5.74) is 0.400. The number of carboxylic acids is 1. The van der Waals surface area contributed by atoms with Gasteiger partial charge in [0.1, 0.15) is 13.0 Å². The number of carboxylic acid groups (broad SMARTS) is 1. The van der Waals surface area contributed by atoms with Gasteiger partial charge in [-0.3, -0.25) is 14.2 Å². The Morgan fingerprint density at radius 1 is 1.28 bits per heavy atom. The van der Waals surface area contributed by atoms with Gasteiger partial charge in [-0.15, -0.1) is 0 Å². The van der Waals surface area contributed by atoms with Crippen LogP contribution in [0, 0.1) is 12.8 Å². The molecule has 2 heterocycles. The van der Waals surface area contributed by atoms with Crippen molar-refractivity contribution in [3.05, 3.63) is 68.5 Å². The third-order valence-electron chi connectivity index (χ3n) is 5.21. The summed E-state index contributed by atoms with van der Waals surface area (Å²) in [6, 6.07) is 9.48. The summed E-state index contributed by atoms with van der Waals surface area (Å²) in [5, 5.41) is 9.13. The van der Waals surface area contributed by atoms with Crippen molar-refractivity contribution in [3.63, 3.8) is 0 Å². The molecule has 0 spiro atoms. The highest BCUT2D eigenvalue weighted by atomic mass is 16.5. The molecule has 8 heteroatoms. The maximum Gasteiger partial charge on any atom is 0.335 e. The molecule has 1 N–H and O–H groups in total. The number of rotatable bonds is 8. The van der Waals surface area contributed by atoms with Crippen LogP contribution in [0.25, 0.3) is 0 Å². The van der Waals surface area contributed by atoms with Crippen molar-refractivity contribution in [2.24, 2.45) is 5.92 Å². The maximum absolute atomic E-state index is 12.9. The van der Waals surface area contributed by atoms with Gasteiger partial charge in [0.2, 0.25) is 0 Å². The number of aromatic nitrogens is 2. The number of hydrogen-bond donors (Lipinski definition) is 1. The molecule has 0 bridgehead atoms. The van der Waals surface area contributed by atoms with Gasteiger partial charge >= 0.3 is 11.7 Å². The van der Waals surface area contributed by atoms with E-state index >= 15 is 0 Å². The van der Waals surface area contributed by atoms with Crippen LogP contribution in [0.4, 0.5) is 0 Å². The maximum atomic E-state index is 12.9. The van der Waals surface area contributed by atoms with E-state index in [0.29, 0.717) is 18.4 Å². The minimum Gasteiger partial charge on any atom is -0.481 e. The quantitative estimate of drug-likeness (QED) is 0.727. The summed E-state index contributed by atoms with van der Waals surface area (Å²) in [6.45, 7) is 3.66. The molecule has 3 atom stereocenters. The third kappa shape index (κ3) is 4.83. The van der Waals surface area contributed by atoms with Gasteiger partial charge in [-0.1, -0.05) is 37.3 Å². The van der Waals surface area contributed by atoms with Crippen LogP contribution in [-0.2, 0) is 27.6 Å². The average molecular weight is 402 g/mol. The lowest BCUT2D eigenvalue weighted by Gasteiger charge is -2.18. The first-order valence-electron chi connectivity index (χ1n) is 9.72. The second-order valence-corrected chi connectivity index (χ2v) is 7.33. The van der Waals surface area contributed by atoms with Crippen LogP contribution >= 0.6 is 0 Å². The predicted octanol–water partition coefficient (Wildman–Crippen LogP) is 2.28. The van der Waals surface area contributed by atoms with Gasteiger partial charge in [0.05, 0.1) is 19.1 Å². The Balaban J connectivity index is 1.81. The van der Waals surface area contributed by atoms with Crippen molar-refractivity contribution in [3.8, 4) is 0 Å². The molecule has 0 saturated carbocycles. The van der Waals surface area contributed by atoms with E-state index in [1.165, 1.54) is 10.8 Å². The molecule has 1 fully saturated rings. The number of ether oxygens (including phenoxy) is 2. The van der Waals surface area contributed by atoms with E-state index in [0.717, 1.165) is 10.1 Å². The number of aliphatic carboxylic acids is 1. The molecular weight excluding hydrogens is 376 g/mol. The standard InChI is InChI=1S/C21H26N2O6/c1-3-17-16(10-19(24)25)9-18(29-17)22-11-14(2)20(26)23(21(22)27)13-28-12-15-7-5-4-6-8-15/h4-8,11,16-18H,3,9-10,12-13H2,1-2H3,(H,24,25)/t16-,17-,18-/m1/s1. The molecule has 1 aliphatic heterocycles. The van der Waals surface area contributed by atoms with E-state index in [4.69, 9.17) is 14.6 Å². The lowest BCUT2D eigenvalue weighted by molar-refractivity contribution is -0.138. The van der Waals surface area contributed by atoms with Gasteiger partial charge in [0.25, 0.3) is 5.56 Å². The molecule has 1 aromatic heterocycles. The summed E-state index contributed by atoms with van der Waals surface area (Å²) in [4.78, 5) is 36.6. The van der Waals surface area contributed by atoms with Crippen molar-refractivity contribution in [2.75, 3.05) is 0 Å². The molecule has 1 saturated heterocycles. The number of hydrogen-bond acceptors (Lipinski definition) is 5.